The molecule has 2 aromatic carbocycles. The maximum atomic E-state index is 13.3. The first kappa shape index (κ1) is 21.1. The number of nitrogens with zero attached hydrogens (tertiary/aromatic N) is 1. The second kappa shape index (κ2) is 8.40. The third-order valence-electron chi connectivity index (χ3n) is 5.01. The number of carbonyl (C=O) groups is 3. The highest BCUT2D eigenvalue weighted by Gasteiger charge is 2.51. The maximum absolute atomic E-state index is 13.3. The maximum Gasteiger partial charge on any atom is 0.325 e. The lowest BCUT2D eigenvalue weighted by atomic mass is 9.87. The molecule has 0 bridgehead atoms. The van der Waals surface area contributed by atoms with Crippen molar-refractivity contribution in [3.63, 3.8) is 0 Å². The van der Waals surface area contributed by atoms with E-state index in [9.17, 15) is 18.8 Å². The zero-order valence-corrected chi connectivity index (χ0v) is 16.8. The molecule has 4 amide bonds. The third kappa shape index (κ3) is 3.78. The number of halogens is 1. The number of rotatable bonds is 7. The monoisotopic (exact) mass is 415 g/mol. The van der Waals surface area contributed by atoms with E-state index in [1.807, 2.05) is 0 Å². The Morgan fingerprint density at radius 2 is 1.77 bits per heavy atom. The Labute approximate surface area is 173 Å². The summed E-state index contributed by atoms with van der Waals surface area (Å²) >= 11 is 0. The first-order chi connectivity index (χ1) is 14.3. The summed E-state index contributed by atoms with van der Waals surface area (Å²) in [5.41, 5.74) is -0.466. The van der Waals surface area contributed by atoms with Gasteiger partial charge >= 0.3 is 6.03 Å². The van der Waals surface area contributed by atoms with Gasteiger partial charge in [0.05, 0.1) is 14.2 Å². The molecule has 3 rings (SSSR count). The van der Waals surface area contributed by atoms with Crippen LogP contribution in [-0.2, 0) is 15.1 Å². The van der Waals surface area contributed by atoms with Crippen LogP contribution in [0.5, 0.6) is 11.5 Å². The molecule has 30 heavy (non-hydrogen) atoms. The van der Waals surface area contributed by atoms with E-state index in [0.717, 1.165) is 4.90 Å². The lowest BCUT2D eigenvalue weighted by Gasteiger charge is -2.25. The summed E-state index contributed by atoms with van der Waals surface area (Å²) in [6.45, 7) is 1.26. The average Bonchev–Trinajstić information content (AvgIpc) is 2.99. The van der Waals surface area contributed by atoms with Crippen molar-refractivity contribution in [2.75, 3.05) is 26.1 Å². The van der Waals surface area contributed by atoms with Gasteiger partial charge in [0, 0.05) is 11.8 Å². The molecular weight excluding hydrogens is 393 g/mol. The molecule has 0 aromatic heterocycles. The fourth-order valence-electron chi connectivity index (χ4n) is 3.40. The van der Waals surface area contributed by atoms with E-state index in [1.165, 1.54) is 38.5 Å². The molecule has 2 N–H and O–H groups in total. The predicted octanol–water partition coefficient (Wildman–Crippen LogP) is 2.64. The predicted molar refractivity (Wildman–Crippen MR) is 107 cm³/mol. The van der Waals surface area contributed by atoms with Gasteiger partial charge in [-0.3, -0.25) is 14.5 Å². The Balaban J connectivity index is 1.76. The highest BCUT2D eigenvalue weighted by Crippen LogP contribution is 2.33. The normalized spacial score (nSPS) is 18.2. The van der Waals surface area contributed by atoms with Crippen molar-refractivity contribution in [1.29, 1.82) is 0 Å². The van der Waals surface area contributed by atoms with Gasteiger partial charge in [-0.05, 0) is 36.2 Å². The van der Waals surface area contributed by atoms with Gasteiger partial charge in [0.2, 0.25) is 5.91 Å². The first-order valence-corrected chi connectivity index (χ1v) is 9.26. The second-order valence-electron chi connectivity index (χ2n) is 6.71. The van der Waals surface area contributed by atoms with E-state index in [2.05, 4.69) is 10.6 Å². The van der Waals surface area contributed by atoms with Gasteiger partial charge in [-0.15, -0.1) is 0 Å². The van der Waals surface area contributed by atoms with E-state index in [4.69, 9.17) is 9.47 Å². The van der Waals surface area contributed by atoms with E-state index in [1.54, 1.807) is 25.1 Å². The molecule has 158 valence electrons. The molecule has 0 aliphatic carbocycles. The van der Waals surface area contributed by atoms with Crippen LogP contribution in [0.2, 0.25) is 0 Å². The molecule has 1 heterocycles. The Bertz CT molecular complexity index is 979. The molecular formula is C21H22FN3O5. The van der Waals surface area contributed by atoms with Crippen LogP contribution in [0.25, 0.3) is 0 Å². The van der Waals surface area contributed by atoms with Gasteiger partial charge in [-0.1, -0.05) is 19.1 Å². The zero-order chi connectivity index (χ0) is 21.9. The zero-order valence-electron chi connectivity index (χ0n) is 16.8. The highest BCUT2D eigenvalue weighted by molar-refractivity contribution is 6.10. The number of hydrogen-bond donors (Lipinski definition) is 2. The highest BCUT2D eigenvalue weighted by atomic mass is 19.1. The molecule has 1 fully saturated rings. The molecule has 1 aliphatic rings. The van der Waals surface area contributed by atoms with Crippen LogP contribution in [0.15, 0.2) is 42.5 Å². The number of anilines is 1. The van der Waals surface area contributed by atoms with E-state index in [0.29, 0.717) is 22.7 Å². The summed E-state index contributed by atoms with van der Waals surface area (Å²) in [4.78, 5) is 38.9. The van der Waals surface area contributed by atoms with Crippen LogP contribution in [-0.4, -0.2) is 43.5 Å². The number of imide groups is 1. The minimum Gasteiger partial charge on any atom is -0.493 e. The summed E-state index contributed by atoms with van der Waals surface area (Å²) in [7, 11) is 2.96. The van der Waals surface area contributed by atoms with Gasteiger partial charge in [0.1, 0.15) is 17.9 Å². The number of amides is 4. The van der Waals surface area contributed by atoms with Crippen molar-refractivity contribution in [2.24, 2.45) is 0 Å². The molecule has 8 nitrogen and oxygen atoms in total. The van der Waals surface area contributed by atoms with Gasteiger partial charge in [-0.2, -0.15) is 0 Å². The summed E-state index contributed by atoms with van der Waals surface area (Å²) in [6, 6.07) is 9.45. The van der Waals surface area contributed by atoms with Crippen LogP contribution in [0, 0.1) is 5.82 Å². The Hall–Kier alpha value is -3.62. The molecule has 1 unspecified atom stereocenters. The molecule has 2 aromatic rings. The van der Waals surface area contributed by atoms with Crippen LogP contribution < -0.4 is 20.1 Å². The quantitative estimate of drug-likeness (QED) is 0.678. The van der Waals surface area contributed by atoms with Gasteiger partial charge in [0.25, 0.3) is 5.91 Å². The van der Waals surface area contributed by atoms with Gasteiger partial charge < -0.3 is 20.1 Å². The van der Waals surface area contributed by atoms with Gasteiger partial charge in [0.15, 0.2) is 11.5 Å². The van der Waals surface area contributed by atoms with E-state index >= 15 is 0 Å². The molecule has 0 radical (unpaired) electrons. The summed E-state index contributed by atoms with van der Waals surface area (Å²) < 4.78 is 23.6. The van der Waals surface area contributed by atoms with Gasteiger partial charge in [-0.25, -0.2) is 9.18 Å². The third-order valence-corrected chi connectivity index (χ3v) is 5.01. The van der Waals surface area contributed by atoms with Crippen molar-refractivity contribution in [3.05, 3.63) is 53.8 Å². The van der Waals surface area contributed by atoms with Crippen LogP contribution in [0.3, 0.4) is 0 Å². The smallest absolute Gasteiger partial charge is 0.325 e. The number of hydrogen-bond acceptors (Lipinski definition) is 5. The molecule has 0 saturated carbocycles. The number of methoxy groups -OCH3 is 2. The van der Waals surface area contributed by atoms with Crippen LogP contribution in [0.4, 0.5) is 14.9 Å². The number of benzene rings is 2. The van der Waals surface area contributed by atoms with Crippen LogP contribution >= 0.6 is 0 Å². The summed E-state index contributed by atoms with van der Waals surface area (Å²) in [6.07, 6.45) is 0.247. The number of nitrogens with one attached hydrogen (secondary N) is 2. The minimum atomic E-state index is -1.34. The first-order valence-electron chi connectivity index (χ1n) is 9.26. The minimum absolute atomic E-state index is 0.247. The molecule has 9 heteroatoms. The van der Waals surface area contributed by atoms with E-state index in [-0.39, 0.29) is 6.42 Å². The molecule has 1 aliphatic heterocycles. The van der Waals surface area contributed by atoms with Crippen molar-refractivity contribution in [2.45, 2.75) is 18.9 Å². The second-order valence-corrected chi connectivity index (χ2v) is 6.71. The van der Waals surface area contributed by atoms with Crippen molar-refractivity contribution in [3.8, 4) is 11.5 Å². The average molecular weight is 415 g/mol. The largest absolute Gasteiger partial charge is 0.493 e. The Kier molecular flexibility index (Phi) is 5.91. The van der Waals surface area contributed by atoms with Crippen molar-refractivity contribution >= 4 is 23.5 Å². The van der Waals surface area contributed by atoms with Crippen molar-refractivity contribution in [1.82, 2.24) is 10.2 Å². The lowest BCUT2D eigenvalue weighted by molar-refractivity contribution is -0.134. The number of urea groups is 1. The molecule has 1 saturated heterocycles. The summed E-state index contributed by atoms with van der Waals surface area (Å²) in [5, 5.41) is 5.28. The lowest BCUT2D eigenvalue weighted by Crippen LogP contribution is -2.44. The fourth-order valence-corrected chi connectivity index (χ4v) is 3.40. The summed E-state index contributed by atoms with van der Waals surface area (Å²) in [5.74, 6) is -0.656. The standard InChI is InChI=1S/C21H22FN3O5/c1-4-21(13-5-7-14(22)8-6-13)19(27)25(20(28)24-21)12-18(26)23-15-9-10-16(29-2)17(11-15)30-3/h5-11H,4,12H2,1-3H3,(H,23,26)(H,24,28). The molecule has 1 atom stereocenters. The fraction of sp³-hybridized carbons (Fsp3) is 0.286. The Morgan fingerprint density at radius 1 is 1.10 bits per heavy atom. The van der Waals surface area contributed by atoms with Crippen LogP contribution in [0.1, 0.15) is 18.9 Å². The SMILES string of the molecule is CCC1(c2ccc(F)cc2)NC(=O)N(CC(=O)Nc2ccc(OC)c(OC)c2)C1=O. The Morgan fingerprint density at radius 3 is 2.37 bits per heavy atom. The van der Waals surface area contributed by atoms with Crippen molar-refractivity contribution < 1.29 is 28.2 Å². The topological polar surface area (TPSA) is 97.0 Å². The van der Waals surface area contributed by atoms with E-state index < -0.39 is 35.7 Å². The number of ether oxygens (including phenoxy) is 2. The number of carbonyl (C=O) groups excluding carboxylic acids is 3. The molecule has 0 spiro atoms.